The van der Waals surface area contributed by atoms with E-state index in [1.807, 2.05) is 24.3 Å². The largest absolute Gasteiger partial charge is 0.352 e. The lowest BCUT2D eigenvalue weighted by molar-refractivity contribution is 0.0953. The lowest BCUT2D eigenvalue weighted by Gasteiger charge is -2.10. The van der Waals surface area contributed by atoms with Gasteiger partial charge in [-0.15, -0.1) is 0 Å². The fourth-order valence-electron chi connectivity index (χ4n) is 2.32. The molecular formula is C17H22N2O. The summed E-state index contributed by atoms with van der Waals surface area (Å²) >= 11 is 0. The van der Waals surface area contributed by atoms with Gasteiger partial charge in [-0.1, -0.05) is 13.3 Å². The van der Waals surface area contributed by atoms with Crippen molar-refractivity contribution < 1.29 is 4.79 Å². The van der Waals surface area contributed by atoms with E-state index in [0.717, 1.165) is 25.1 Å². The molecule has 0 spiro atoms. The second-order valence-electron chi connectivity index (χ2n) is 5.11. The average molecular weight is 270 g/mol. The summed E-state index contributed by atoms with van der Waals surface area (Å²) in [6, 6.07) is 12.0. The zero-order chi connectivity index (χ0) is 14.5. The van der Waals surface area contributed by atoms with Gasteiger partial charge >= 0.3 is 0 Å². The second-order valence-corrected chi connectivity index (χ2v) is 5.11. The minimum atomic E-state index is 0.00551. The van der Waals surface area contributed by atoms with E-state index in [9.17, 15) is 4.79 Å². The maximum Gasteiger partial charge on any atom is 0.251 e. The number of carbonyl (C=O) groups is 1. The van der Waals surface area contributed by atoms with Crippen LogP contribution in [-0.4, -0.2) is 17.0 Å². The summed E-state index contributed by atoms with van der Waals surface area (Å²) < 4.78 is 2.18. The number of aromatic nitrogens is 1. The normalized spacial score (nSPS) is 10.6. The molecule has 1 aromatic heterocycles. The van der Waals surface area contributed by atoms with Crippen LogP contribution in [0.15, 0.2) is 36.4 Å². The van der Waals surface area contributed by atoms with Crippen molar-refractivity contribution in [2.45, 2.75) is 33.6 Å². The third-order valence-corrected chi connectivity index (χ3v) is 3.47. The molecule has 0 aliphatic heterocycles. The highest BCUT2D eigenvalue weighted by Crippen LogP contribution is 2.16. The second kappa shape index (κ2) is 6.42. The zero-order valence-corrected chi connectivity index (χ0v) is 12.4. The van der Waals surface area contributed by atoms with Crippen LogP contribution in [0.1, 0.15) is 41.5 Å². The first-order valence-corrected chi connectivity index (χ1v) is 7.17. The van der Waals surface area contributed by atoms with Crippen LogP contribution in [-0.2, 0) is 0 Å². The van der Waals surface area contributed by atoms with Gasteiger partial charge in [0.15, 0.2) is 0 Å². The van der Waals surface area contributed by atoms with Crippen molar-refractivity contribution in [3.8, 4) is 5.69 Å². The van der Waals surface area contributed by atoms with Crippen molar-refractivity contribution in [1.29, 1.82) is 0 Å². The minimum absolute atomic E-state index is 0.00551. The van der Waals surface area contributed by atoms with E-state index in [-0.39, 0.29) is 5.91 Å². The summed E-state index contributed by atoms with van der Waals surface area (Å²) in [4.78, 5) is 11.9. The topological polar surface area (TPSA) is 34.0 Å². The molecule has 2 aromatic rings. The SMILES string of the molecule is CCCCNC(=O)c1ccc(-n2c(C)ccc2C)cc1. The van der Waals surface area contributed by atoms with Gasteiger partial charge in [0.1, 0.15) is 0 Å². The Hall–Kier alpha value is -2.03. The maximum absolute atomic E-state index is 11.9. The van der Waals surface area contributed by atoms with E-state index in [1.165, 1.54) is 11.4 Å². The Balaban J connectivity index is 2.12. The minimum Gasteiger partial charge on any atom is -0.352 e. The summed E-state index contributed by atoms with van der Waals surface area (Å²) in [5.74, 6) is 0.00551. The Bertz CT molecular complexity index is 562. The molecule has 1 heterocycles. The van der Waals surface area contributed by atoms with E-state index < -0.39 is 0 Å². The van der Waals surface area contributed by atoms with Crippen molar-refractivity contribution >= 4 is 5.91 Å². The molecule has 1 amide bonds. The van der Waals surface area contributed by atoms with Crippen LogP contribution in [0.5, 0.6) is 0 Å². The van der Waals surface area contributed by atoms with Crippen molar-refractivity contribution in [3.05, 3.63) is 53.3 Å². The maximum atomic E-state index is 11.9. The molecule has 106 valence electrons. The average Bonchev–Trinajstić information content (AvgIpc) is 2.78. The molecule has 1 N–H and O–H groups in total. The van der Waals surface area contributed by atoms with Crippen LogP contribution in [0.25, 0.3) is 5.69 Å². The quantitative estimate of drug-likeness (QED) is 0.827. The molecule has 0 saturated heterocycles. The van der Waals surface area contributed by atoms with E-state index in [1.54, 1.807) is 0 Å². The lowest BCUT2D eigenvalue weighted by Crippen LogP contribution is -2.24. The van der Waals surface area contributed by atoms with E-state index in [0.29, 0.717) is 5.56 Å². The van der Waals surface area contributed by atoms with Crippen LogP contribution >= 0.6 is 0 Å². The summed E-state index contributed by atoms with van der Waals surface area (Å²) in [6.45, 7) is 7.02. The van der Waals surface area contributed by atoms with Gasteiger partial charge in [-0.25, -0.2) is 0 Å². The van der Waals surface area contributed by atoms with Crippen LogP contribution < -0.4 is 5.32 Å². The van der Waals surface area contributed by atoms with Crippen molar-refractivity contribution in [1.82, 2.24) is 9.88 Å². The van der Waals surface area contributed by atoms with E-state index in [4.69, 9.17) is 0 Å². The molecule has 2 rings (SSSR count). The standard InChI is InChI=1S/C17H22N2O/c1-4-5-12-18-17(20)15-8-10-16(11-9-15)19-13(2)6-7-14(19)3/h6-11H,4-5,12H2,1-3H3,(H,18,20). The van der Waals surface area contributed by atoms with Crippen molar-refractivity contribution in [2.75, 3.05) is 6.54 Å². The number of hydrogen-bond acceptors (Lipinski definition) is 1. The molecule has 0 saturated carbocycles. The molecule has 20 heavy (non-hydrogen) atoms. The molecule has 3 heteroatoms. The number of aryl methyl sites for hydroxylation is 2. The highest BCUT2D eigenvalue weighted by atomic mass is 16.1. The number of nitrogens with one attached hydrogen (secondary N) is 1. The fraction of sp³-hybridized carbons (Fsp3) is 0.353. The molecule has 3 nitrogen and oxygen atoms in total. The van der Waals surface area contributed by atoms with Crippen LogP contribution in [0.4, 0.5) is 0 Å². The number of rotatable bonds is 5. The highest BCUT2D eigenvalue weighted by molar-refractivity contribution is 5.94. The molecule has 0 aliphatic rings. The first kappa shape index (κ1) is 14.4. The zero-order valence-electron chi connectivity index (χ0n) is 12.4. The van der Waals surface area contributed by atoms with Gasteiger partial charge in [0.05, 0.1) is 0 Å². The molecular weight excluding hydrogens is 248 g/mol. The Labute approximate surface area is 120 Å². The number of hydrogen-bond donors (Lipinski definition) is 1. The fourth-order valence-corrected chi connectivity index (χ4v) is 2.32. The van der Waals surface area contributed by atoms with Gasteiger partial charge in [0, 0.05) is 29.2 Å². The van der Waals surface area contributed by atoms with Gasteiger partial charge in [-0.3, -0.25) is 4.79 Å². The first-order valence-electron chi connectivity index (χ1n) is 7.17. The molecule has 0 radical (unpaired) electrons. The Kier molecular flexibility index (Phi) is 4.61. The predicted octanol–water partition coefficient (Wildman–Crippen LogP) is 3.62. The molecule has 1 aromatic carbocycles. The van der Waals surface area contributed by atoms with Crippen molar-refractivity contribution in [3.63, 3.8) is 0 Å². The Morgan fingerprint density at radius 3 is 2.20 bits per heavy atom. The number of nitrogens with zero attached hydrogens (tertiary/aromatic N) is 1. The van der Waals surface area contributed by atoms with Crippen molar-refractivity contribution in [2.24, 2.45) is 0 Å². The number of amides is 1. The first-order chi connectivity index (χ1) is 9.63. The van der Waals surface area contributed by atoms with Gasteiger partial charge in [-0.2, -0.15) is 0 Å². The summed E-state index contributed by atoms with van der Waals surface area (Å²) in [5.41, 5.74) is 4.20. The van der Waals surface area contributed by atoms with Crippen LogP contribution in [0, 0.1) is 13.8 Å². The smallest absolute Gasteiger partial charge is 0.251 e. The Morgan fingerprint density at radius 2 is 1.65 bits per heavy atom. The molecule has 0 bridgehead atoms. The number of carbonyl (C=O) groups excluding carboxylic acids is 1. The summed E-state index contributed by atoms with van der Waals surface area (Å²) in [7, 11) is 0. The predicted molar refractivity (Wildman–Crippen MR) is 82.5 cm³/mol. The number of benzene rings is 1. The highest BCUT2D eigenvalue weighted by Gasteiger charge is 2.07. The monoisotopic (exact) mass is 270 g/mol. The molecule has 0 unspecified atom stereocenters. The lowest BCUT2D eigenvalue weighted by atomic mass is 10.2. The van der Waals surface area contributed by atoms with E-state index >= 15 is 0 Å². The Morgan fingerprint density at radius 1 is 1.05 bits per heavy atom. The van der Waals surface area contributed by atoms with Gasteiger partial charge < -0.3 is 9.88 Å². The van der Waals surface area contributed by atoms with Gasteiger partial charge in [0.25, 0.3) is 5.91 Å². The van der Waals surface area contributed by atoms with Gasteiger partial charge in [-0.05, 0) is 56.7 Å². The van der Waals surface area contributed by atoms with E-state index in [2.05, 4.69) is 42.8 Å². The summed E-state index contributed by atoms with van der Waals surface area (Å²) in [5, 5.41) is 2.93. The number of unbranched alkanes of at least 4 members (excludes halogenated alkanes) is 1. The van der Waals surface area contributed by atoms with Gasteiger partial charge in [0.2, 0.25) is 0 Å². The van der Waals surface area contributed by atoms with Crippen LogP contribution in [0.3, 0.4) is 0 Å². The molecule has 0 aliphatic carbocycles. The molecule has 0 atom stereocenters. The third-order valence-electron chi connectivity index (χ3n) is 3.47. The third kappa shape index (κ3) is 3.10. The molecule has 0 fully saturated rings. The summed E-state index contributed by atoms with van der Waals surface area (Å²) in [6.07, 6.45) is 2.11. The van der Waals surface area contributed by atoms with Crippen LogP contribution in [0.2, 0.25) is 0 Å².